The van der Waals surface area contributed by atoms with Crippen LogP contribution in [-0.4, -0.2) is 49.3 Å². The average Bonchev–Trinajstić information content (AvgIpc) is 3.60. The smallest absolute Gasteiger partial charge is 0.252 e. The van der Waals surface area contributed by atoms with E-state index in [0.29, 0.717) is 19.6 Å². The molecule has 1 aliphatic rings. The molecule has 0 bridgehead atoms. The van der Waals surface area contributed by atoms with Gasteiger partial charge in [0.25, 0.3) is 5.56 Å². The van der Waals surface area contributed by atoms with Crippen molar-refractivity contribution in [2.75, 3.05) is 13.2 Å². The molecule has 2 atom stereocenters. The zero-order chi connectivity index (χ0) is 25.2. The Kier molecular flexibility index (Phi) is 7.02. The van der Waals surface area contributed by atoms with Crippen molar-refractivity contribution in [1.82, 2.24) is 30.1 Å². The molecular weight excluding hydrogens is 456 g/mol. The molecule has 1 saturated heterocycles. The number of aryl methyl sites for hydroxylation is 2. The minimum atomic E-state index is -0.117. The molecule has 3 aromatic heterocycles. The van der Waals surface area contributed by atoms with E-state index in [0.717, 1.165) is 53.1 Å². The Balaban J connectivity index is 1.53. The molecule has 1 N–H and O–H groups in total. The molecule has 9 nitrogen and oxygen atoms in total. The summed E-state index contributed by atoms with van der Waals surface area (Å²) in [6.07, 6.45) is 3.82. The third-order valence-electron chi connectivity index (χ3n) is 6.94. The monoisotopic (exact) mass is 490 g/mol. The number of fused-ring (bicyclic) bond motifs is 1. The summed E-state index contributed by atoms with van der Waals surface area (Å²) in [4.78, 5) is 18.7. The van der Waals surface area contributed by atoms with E-state index in [4.69, 9.17) is 9.15 Å². The first kappa shape index (κ1) is 24.4. The number of H-pyrrole nitrogens is 1. The standard InChI is InChI=1S/C27H34N6O3/c1-17(2)25(26-29-30-31-33(26)16-23-8-6-10-36-23)32(15-22-7-5-9-35-22)14-21-13-20-12-18(3)11-19(4)24(20)28-27(21)34/h6,8,10-13,17,22,25H,5,7,9,14-16H2,1-4H3,(H,28,34)/t22-,25-/m1/s1. The first-order valence-corrected chi connectivity index (χ1v) is 12.7. The van der Waals surface area contributed by atoms with Crippen LogP contribution >= 0.6 is 0 Å². The highest BCUT2D eigenvalue weighted by atomic mass is 16.5. The lowest BCUT2D eigenvalue weighted by molar-refractivity contribution is 0.0384. The summed E-state index contributed by atoms with van der Waals surface area (Å²) < 4.78 is 13.4. The lowest BCUT2D eigenvalue weighted by Gasteiger charge is -2.35. The van der Waals surface area contributed by atoms with Gasteiger partial charge in [-0.2, -0.15) is 0 Å². The number of nitrogens with zero attached hydrogens (tertiary/aromatic N) is 5. The quantitative estimate of drug-likeness (QED) is 0.376. The van der Waals surface area contributed by atoms with E-state index in [-0.39, 0.29) is 23.6 Å². The van der Waals surface area contributed by atoms with Gasteiger partial charge < -0.3 is 14.1 Å². The van der Waals surface area contributed by atoms with Crippen molar-refractivity contribution in [3.8, 4) is 0 Å². The van der Waals surface area contributed by atoms with Crippen LogP contribution in [0.25, 0.3) is 10.9 Å². The second-order valence-electron chi connectivity index (χ2n) is 10.2. The maximum atomic E-state index is 13.2. The largest absolute Gasteiger partial charge is 0.467 e. The summed E-state index contributed by atoms with van der Waals surface area (Å²) in [5, 5.41) is 13.8. The maximum Gasteiger partial charge on any atom is 0.252 e. The van der Waals surface area contributed by atoms with Gasteiger partial charge in [0, 0.05) is 25.3 Å². The van der Waals surface area contributed by atoms with Gasteiger partial charge >= 0.3 is 0 Å². The van der Waals surface area contributed by atoms with Crippen LogP contribution in [0.2, 0.25) is 0 Å². The number of hydrogen-bond donors (Lipinski definition) is 1. The third-order valence-corrected chi connectivity index (χ3v) is 6.94. The van der Waals surface area contributed by atoms with Gasteiger partial charge in [0.05, 0.1) is 23.9 Å². The van der Waals surface area contributed by atoms with Crippen LogP contribution < -0.4 is 5.56 Å². The highest BCUT2D eigenvalue weighted by Crippen LogP contribution is 2.31. The molecule has 1 aliphatic heterocycles. The van der Waals surface area contributed by atoms with Crippen LogP contribution in [0, 0.1) is 19.8 Å². The van der Waals surface area contributed by atoms with Crippen molar-refractivity contribution in [1.29, 1.82) is 0 Å². The fourth-order valence-corrected chi connectivity index (χ4v) is 5.36. The average molecular weight is 491 g/mol. The van der Waals surface area contributed by atoms with E-state index in [2.05, 4.69) is 58.3 Å². The summed E-state index contributed by atoms with van der Waals surface area (Å²) in [6.45, 7) is 10.8. The van der Waals surface area contributed by atoms with Gasteiger partial charge in [-0.3, -0.25) is 9.69 Å². The topological polar surface area (TPSA) is 102 Å². The molecule has 190 valence electrons. The molecule has 1 aromatic carbocycles. The predicted molar refractivity (Wildman–Crippen MR) is 137 cm³/mol. The molecule has 5 rings (SSSR count). The fourth-order valence-electron chi connectivity index (χ4n) is 5.36. The van der Waals surface area contributed by atoms with Crippen LogP contribution in [0.5, 0.6) is 0 Å². The van der Waals surface area contributed by atoms with Crippen molar-refractivity contribution in [2.45, 2.75) is 65.8 Å². The highest BCUT2D eigenvalue weighted by Gasteiger charge is 2.32. The summed E-state index contributed by atoms with van der Waals surface area (Å²) in [5.41, 5.74) is 3.79. The second kappa shape index (κ2) is 10.4. The molecule has 4 aromatic rings. The zero-order valence-corrected chi connectivity index (χ0v) is 21.4. The Morgan fingerprint density at radius 3 is 2.83 bits per heavy atom. The van der Waals surface area contributed by atoms with Crippen LogP contribution in [0.1, 0.15) is 61.0 Å². The number of benzene rings is 1. The van der Waals surface area contributed by atoms with Gasteiger partial charge in [-0.1, -0.05) is 25.5 Å². The van der Waals surface area contributed by atoms with Gasteiger partial charge in [0.2, 0.25) is 0 Å². The molecule has 0 aliphatic carbocycles. The minimum Gasteiger partial charge on any atom is -0.467 e. The number of hydrogen-bond acceptors (Lipinski definition) is 7. The number of furan rings is 1. The number of tetrazole rings is 1. The van der Waals surface area contributed by atoms with Gasteiger partial charge in [-0.15, -0.1) is 5.10 Å². The number of aromatic nitrogens is 5. The fraction of sp³-hybridized carbons (Fsp3) is 0.481. The first-order chi connectivity index (χ1) is 17.4. The number of aromatic amines is 1. The Hall–Kier alpha value is -3.30. The lowest BCUT2D eigenvalue weighted by atomic mass is 9.99. The predicted octanol–water partition coefficient (Wildman–Crippen LogP) is 4.15. The summed E-state index contributed by atoms with van der Waals surface area (Å²) >= 11 is 0. The Morgan fingerprint density at radius 1 is 1.25 bits per heavy atom. The molecule has 0 amide bonds. The summed E-state index contributed by atoms with van der Waals surface area (Å²) in [6, 6.07) is 9.90. The van der Waals surface area contributed by atoms with E-state index in [1.54, 1.807) is 10.9 Å². The molecule has 0 radical (unpaired) electrons. The summed E-state index contributed by atoms with van der Waals surface area (Å²) in [7, 11) is 0. The van der Waals surface area contributed by atoms with Crippen LogP contribution in [-0.2, 0) is 17.8 Å². The van der Waals surface area contributed by atoms with Gasteiger partial charge in [-0.25, -0.2) is 4.68 Å². The van der Waals surface area contributed by atoms with Crippen molar-refractivity contribution in [3.63, 3.8) is 0 Å². The SMILES string of the molecule is Cc1cc(C)c2[nH]c(=O)c(CN(C[C@H]3CCCO3)[C@@H](c3nnnn3Cc3ccco3)C(C)C)cc2c1. The van der Waals surface area contributed by atoms with Gasteiger partial charge in [0.1, 0.15) is 12.3 Å². The van der Waals surface area contributed by atoms with Crippen LogP contribution in [0.4, 0.5) is 0 Å². The number of nitrogens with one attached hydrogen (secondary N) is 1. The molecule has 9 heteroatoms. The molecule has 0 unspecified atom stereocenters. The lowest BCUT2D eigenvalue weighted by Crippen LogP contribution is -2.40. The number of pyridine rings is 1. The van der Waals surface area contributed by atoms with Crippen LogP contribution in [0.15, 0.2) is 45.8 Å². The van der Waals surface area contributed by atoms with E-state index in [9.17, 15) is 4.79 Å². The number of rotatable bonds is 9. The van der Waals surface area contributed by atoms with Crippen molar-refractivity contribution >= 4 is 10.9 Å². The van der Waals surface area contributed by atoms with Crippen molar-refractivity contribution in [2.24, 2.45) is 5.92 Å². The molecule has 36 heavy (non-hydrogen) atoms. The molecular formula is C27H34N6O3. The van der Waals surface area contributed by atoms with Crippen molar-refractivity contribution < 1.29 is 9.15 Å². The molecule has 1 fully saturated rings. The highest BCUT2D eigenvalue weighted by molar-refractivity contribution is 5.82. The Morgan fingerprint density at radius 2 is 2.11 bits per heavy atom. The van der Waals surface area contributed by atoms with E-state index < -0.39 is 0 Å². The summed E-state index contributed by atoms with van der Waals surface area (Å²) in [5.74, 6) is 1.73. The van der Waals surface area contributed by atoms with E-state index in [1.165, 1.54) is 5.56 Å². The maximum absolute atomic E-state index is 13.2. The van der Waals surface area contributed by atoms with E-state index in [1.807, 2.05) is 25.1 Å². The van der Waals surface area contributed by atoms with Gasteiger partial charge in [-0.05, 0) is 78.2 Å². The second-order valence-corrected chi connectivity index (χ2v) is 10.2. The normalized spacial score (nSPS) is 17.0. The Bertz CT molecular complexity index is 1370. The Labute approximate surface area is 210 Å². The first-order valence-electron chi connectivity index (χ1n) is 12.7. The molecule has 0 saturated carbocycles. The van der Waals surface area contributed by atoms with Crippen LogP contribution in [0.3, 0.4) is 0 Å². The molecule has 0 spiro atoms. The van der Waals surface area contributed by atoms with Crippen molar-refractivity contribution in [3.05, 3.63) is 75.2 Å². The third kappa shape index (κ3) is 5.12. The minimum absolute atomic E-state index is 0.0653. The van der Waals surface area contributed by atoms with Gasteiger partial charge in [0.15, 0.2) is 5.82 Å². The number of ether oxygens (including phenoxy) is 1. The zero-order valence-electron chi connectivity index (χ0n) is 21.4. The van der Waals surface area contributed by atoms with E-state index >= 15 is 0 Å². The molecule has 4 heterocycles.